The van der Waals surface area contributed by atoms with Gasteiger partial charge in [-0.2, -0.15) is 0 Å². The van der Waals surface area contributed by atoms with E-state index in [-0.39, 0.29) is 17.2 Å². The first-order valence-corrected chi connectivity index (χ1v) is 5.88. The van der Waals surface area contributed by atoms with E-state index in [0.717, 1.165) is 0 Å². The molecule has 3 rings (SSSR count). The van der Waals surface area contributed by atoms with Crippen molar-refractivity contribution in [2.75, 3.05) is 0 Å². The Morgan fingerprint density at radius 1 is 1.33 bits per heavy atom. The van der Waals surface area contributed by atoms with Gasteiger partial charge in [0.15, 0.2) is 5.69 Å². The summed E-state index contributed by atoms with van der Waals surface area (Å²) in [7, 11) is 0. The molecule has 2 aromatic heterocycles. The number of aromatic carboxylic acids is 1. The Labute approximate surface area is 117 Å². The number of nitro benzene ring substituents is 1. The molecule has 1 aromatic carbocycles. The fourth-order valence-corrected chi connectivity index (χ4v) is 2.01. The molecule has 2 heterocycles. The number of benzene rings is 1. The molecule has 21 heavy (non-hydrogen) atoms. The van der Waals surface area contributed by atoms with Crippen LogP contribution in [0.15, 0.2) is 42.7 Å². The third-order valence-electron chi connectivity index (χ3n) is 2.94. The molecule has 0 aliphatic rings. The molecule has 0 bridgehead atoms. The average Bonchev–Trinajstić information content (AvgIpc) is 2.91. The Kier molecular flexibility index (Phi) is 2.83. The molecule has 0 amide bonds. The first-order chi connectivity index (χ1) is 10.1. The molecule has 8 heteroatoms. The number of nitro groups is 1. The maximum Gasteiger partial charge on any atom is 0.356 e. The molecular formula is C13H8N4O4. The van der Waals surface area contributed by atoms with Gasteiger partial charge in [0.05, 0.1) is 10.6 Å². The molecule has 0 fully saturated rings. The molecule has 0 aliphatic heterocycles. The Hall–Kier alpha value is -3.29. The van der Waals surface area contributed by atoms with Crippen molar-refractivity contribution >= 4 is 17.4 Å². The van der Waals surface area contributed by atoms with Gasteiger partial charge in [0.2, 0.25) is 5.78 Å². The molecule has 1 N–H and O–H groups in total. The molecule has 0 aliphatic carbocycles. The van der Waals surface area contributed by atoms with Crippen molar-refractivity contribution in [2.24, 2.45) is 0 Å². The van der Waals surface area contributed by atoms with Crippen molar-refractivity contribution in [1.82, 2.24) is 14.4 Å². The second-order valence-corrected chi connectivity index (χ2v) is 4.24. The van der Waals surface area contributed by atoms with Gasteiger partial charge in [0, 0.05) is 30.1 Å². The van der Waals surface area contributed by atoms with Crippen LogP contribution in [-0.4, -0.2) is 30.4 Å². The maximum absolute atomic E-state index is 11.0. The third-order valence-corrected chi connectivity index (χ3v) is 2.94. The SMILES string of the molecule is O=C(O)c1cn2c(-c3cccc([N+](=O)[O-])c3)ccnc2n1. The Morgan fingerprint density at radius 2 is 2.14 bits per heavy atom. The zero-order valence-corrected chi connectivity index (χ0v) is 10.5. The monoisotopic (exact) mass is 284 g/mol. The lowest BCUT2D eigenvalue weighted by Gasteiger charge is -2.04. The minimum Gasteiger partial charge on any atom is -0.476 e. The largest absolute Gasteiger partial charge is 0.476 e. The number of non-ortho nitro benzene ring substituents is 1. The Balaban J connectivity index is 2.22. The lowest BCUT2D eigenvalue weighted by molar-refractivity contribution is -0.384. The average molecular weight is 284 g/mol. The fourth-order valence-electron chi connectivity index (χ4n) is 2.01. The first kappa shape index (κ1) is 12.7. The van der Waals surface area contributed by atoms with E-state index in [4.69, 9.17) is 5.11 Å². The van der Waals surface area contributed by atoms with Crippen molar-refractivity contribution in [3.63, 3.8) is 0 Å². The van der Waals surface area contributed by atoms with Gasteiger partial charge in [-0.25, -0.2) is 14.8 Å². The number of hydrogen-bond donors (Lipinski definition) is 1. The summed E-state index contributed by atoms with van der Waals surface area (Å²) in [4.78, 5) is 29.2. The van der Waals surface area contributed by atoms with Gasteiger partial charge in [-0.15, -0.1) is 0 Å². The lowest BCUT2D eigenvalue weighted by Crippen LogP contribution is -1.95. The van der Waals surface area contributed by atoms with Gasteiger partial charge in [-0.3, -0.25) is 14.5 Å². The van der Waals surface area contributed by atoms with E-state index in [0.29, 0.717) is 11.3 Å². The first-order valence-electron chi connectivity index (χ1n) is 5.88. The number of carboxylic acids is 1. The number of nitrogens with zero attached hydrogens (tertiary/aromatic N) is 4. The molecule has 0 atom stereocenters. The summed E-state index contributed by atoms with van der Waals surface area (Å²) in [5.74, 6) is -0.943. The van der Waals surface area contributed by atoms with E-state index in [1.54, 1.807) is 18.2 Å². The molecule has 8 nitrogen and oxygen atoms in total. The third kappa shape index (κ3) is 2.18. The van der Waals surface area contributed by atoms with Crippen LogP contribution in [0.2, 0.25) is 0 Å². The highest BCUT2D eigenvalue weighted by molar-refractivity contribution is 5.86. The molecule has 0 saturated carbocycles. The van der Waals surface area contributed by atoms with E-state index in [9.17, 15) is 14.9 Å². The normalized spacial score (nSPS) is 10.7. The van der Waals surface area contributed by atoms with Crippen LogP contribution in [0, 0.1) is 10.1 Å². The lowest BCUT2D eigenvalue weighted by atomic mass is 10.1. The summed E-state index contributed by atoms with van der Waals surface area (Å²) >= 11 is 0. The van der Waals surface area contributed by atoms with Crippen molar-refractivity contribution in [1.29, 1.82) is 0 Å². The highest BCUT2D eigenvalue weighted by Gasteiger charge is 2.14. The number of hydrogen-bond acceptors (Lipinski definition) is 5. The predicted octanol–water partition coefficient (Wildman–Crippen LogP) is 2.00. The number of rotatable bonds is 3. The summed E-state index contributed by atoms with van der Waals surface area (Å²) in [6, 6.07) is 7.70. The number of aromatic nitrogens is 3. The molecule has 0 radical (unpaired) electrons. The van der Waals surface area contributed by atoms with Crippen LogP contribution in [0.1, 0.15) is 10.5 Å². The Morgan fingerprint density at radius 3 is 2.86 bits per heavy atom. The minimum atomic E-state index is -1.16. The zero-order chi connectivity index (χ0) is 15.0. The van der Waals surface area contributed by atoms with E-state index in [2.05, 4.69) is 9.97 Å². The smallest absolute Gasteiger partial charge is 0.356 e. The summed E-state index contributed by atoms with van der Waals surface area (Å²) in [5.41, 5.74) is 0.964. The van der Waals surface area contributed by atoms with Crippen molar-refractivity contribution in [2.45, 2.75) is 0 Å². The zero-order valence-electron chi connectivity index (χ0n) is 10.5. The van der Waals surface area contributed by atoms with E-state index >= 15 is 0 Å². The summed E-state index contributed by atoms with van der Waals surface area (Å²) < 4.78 is 1.49. The molecular weight excluding hydrogens is 276 g/mol. The molecule has 0 unspecified atom stereocenters. The minimum absolute atomic E-state index is 0.0453. The van der Waals surface area contributed by atoms with Crippen LogP contribution in [0.3, 0.4) is 0 Å². The van der Waals surface area contributed by atoms with Gasteiger partial charge in [-0.05, 0) is 6.07 Å². The fraction of sp³-hybridized carbons (Fsp3) is 0. The van der Waals surface area contributed by atoms with Crippen molar-refractivity contribution < 1.29 is 14.8 Å². The summed E-state index contributed by atoms with van der Waals surface area (Å²) in [6.07, 6.45) is 2.81. The number of carboxylic acid groups (broad SMARTS) is 1. The number of carbonyl (C=O) groups is 1. The van der Waals surface area contributed by atoms with Crippen LogP contribution in [0.5, 0.6) is 0 Å². The van der Waals surface area contributed by atoms with Crippen LogP contribution in [0.4, 0.5) is 5.69 Å². The second-order valence-electron chi connectivity index (χ2n) is 4.24. The Bertz CT molecular complexity index is 871. The van der Waals surface area contributed by atoms with Crippen LogP contribution >= 0.6 is 0 Å². The number of imidazole rings is 1. The highest BCUT2D eigenvalue weighted by Crippen LogP contribution is 2.24. The van der Waals surface area contributed by atoms with E-state index < -0.39 is 10.9 Å². The quantitative estimate of drug-likeness (QED) is 0.581. The highest BCUT2D eigenvalue weighted by atomic mass is 16.6. The second kappa shape index (κ2) is 4.67. The summed E-state index contributed by atoms with van der Waals surface area (Å²) in [6.45, 7) is 0. The van der Waals surface area contributed by atoms with E-state index in [1.165, 1.54) is 28.9 Å². The van der Waals surface area contributed by atoms with Gasteiger partial charge < -0.3 is 5.11 Å². The molecule has 104 valence electrons. The van der Waals surface area contributed by atoms with Crippen LogP contribution < -0.4 is 0 Å². The predicted molar refractivity (Wildman–Crippen MR) is 72.0 cm³/mol. The standard InChI is InChI=1S/C13H8N4O4/c18-12(19)10-7-16-11(4-5-14-13(16)15-10)8-2-1-3-9(6-8)17(20)21/h1-7H,(H,18,19). The van der Waals surface area contributed by atoms with Crippen LogP contribution in [-0.2, 0) is 0 Å². The van der Waals surface area contributed by atoms with Crippen molar-refractivity contribution in [3.8, 4) is 11.3 Å². The number of fused-ring (bicyclic) bond motifs is 1. The van der Waals surface area contributed by atoms with Gasteiger partial charge in [0.25, 0.3) is 5.69 Å². The van der Waals surface area contributed by atoms with Gasteiger partial charge >= 0.3 is 5.97 Å². The maximum atomic E-state index is 11.0. The van der Waals surface area contributed by atoms with Crippen LogP contribution in [0.25, 0.3) is 17.0 Å². The topological polar surface area (TPSA) is 111 Å². The molecule has 0 spiro atoms. The van der Waals surface area contributed by atoms with Gasteiger partial charge in [0.1, 0.15) is 0 Å². The molecule has 0 saturated heterocycles. The van der Waals surface area contributed by atoms with Crippen molar-refractivity contribution in [3.05, 3.63) is 58.5 Å². The molecule has 3 aromatic rings. The summed E-state index contributed by atoms with van der Waals surface area (Å²) in [5, 5.41) is 19.8. The van der Waals surface area contributed by atoms with Gasteiger partial charge in [-0.1, -0.05) is 12.1 Å². The van der Waals surface area contributed by atoms with E-state index in [1.807, 2.05) is 0 Å².